The Morgan fingerprint density at radius 2 is 2.32 bits per heavy atom. The zero-order valence-electron chi connectivity index (χ0n) is 11.7. The quantitative estimate of drug-likeness (QED) is 0.791. The number of hydrogen-bond donors (Lipinski definition) is 3. The molecule has 0 radical (unpaired) electrons. The number of aliphatic hydroxyl groups is 1. The molecule has 0 saturated heterocycles. The average molecular weight is 258 g/mol. The molecule has 0 fully saturated rings. The number of benzene rings is 1. The number of nitrogens with one attached hydrogen (secondary N) is 2. The van der Waals surface area contributed by atoms with Crippen molar-refractivity contribution in [2.45, 2.75) is 45.2 Å². The lowest BCUT2D eigenvalue weighted by atomic mass is 9.91. The van der Waals surface area contributed by atoms with Crippen LogP contribution in [0.15, 0.2) is 18.2 Å². The molecule has 102 valence electrons. The number of H-pyrrole nitrogens is 1. The first-order valence-electron chi connectivity index (χ1n) is 7.14. The van der Waals surface area contributed by atoms with E-state index in [-0.39, 0.29) is 12.6 Å². The maximum Gasteiger partial charge on any atom is 0.0582 e. The van der Waals surface area contributed by atoms with Crippen molar-refractivity contribution in [3.8, 4) is 0 Å². The van der Waals surface area contributed by atoms with Gasteiger partial charge in [0.2, 0.25) is 0 Å². The summed E-state index contributed by atoms with van der Waals surface area (Å²) in [4.78, 5) is 3.55. The molecule has 2 aromatic rings. The third-order valence-electron chi connectivity index (χ3n) is 4.14. The second kappa shape index (κ2) is 4.99. The van der Waals surface area contributed by atoms with Crippen molar-refractivity contribution in [1.29, 1.82) is 0 Å². The van der Waals surface area contributed by atoms with Crippen molar-refractivity contribution in [3.05, 3.63) is 35.0 Å². The van der Waals surface area contributed by atoms with Crippen LogP contribution in [-0.2, 0) is 12.8 Å². The highest BCUT2D eigenvalue weighted by Crippen LogP contribution is 2.29. The molecule has 1 aromatic carbocycles. The first-order chi connectivity index (χ1) is 9.17. The smallest absolute Gasteiger partial charge is 0.0582 e. The zero-order valence-corrected chi connectivity index (χ0v) is 11.7. The Kier molecular flexibility index (Phi) is 3.33. The van der Waals surface area contributed by atoms with Crippen LogP contribution in [0.1, 0.15) is 30.2 Å². The van der Waals surface area contributed by atoms with Gasteiger partial charge in [-0.15, -0.1) is 0 Å². The molecule has 3 nitrogen and oxygen atoms in total. The molecule has 0 amide bonds. The summed E-state index contributed by atoms with van der Waals surface area (Å²) in [7, 11) is 0. The van der Waals surface area contributed by atoms with Crippen LogP contribution < -0.4 is 5.32 Å². The molecule has 1 unspecified atom stereocenters. The lowest BCUT2D eigenvalue weighted by Gasteiger charge is -2.26. The lowest BCUT2D eigenvalue weighted by molar-refractivity contribution is 0.236. The van der Waals surface area contributed by atoms with E-state index in [9.17, 15) is 0 Å². The average Bonchev–Trinajstić information content (AvgIpc) is 2.76. The van der Waals surface area contributed by atoms with E-state index >= 15 is 0 Å². The van der Waals surface area contributed by atoms with Crippen LogP contribution >= 0.6 is 0 Å². The summed E-state index contributed by atoms with van der Waals surface area (Å²) < 4.78 is 0. The van der Waals surface area contributed by atoms with Crippen LogP contribution in [0.2, 0.25) is 0 Å². The molecule has 3 heteroatoms. The zero-order chi connectivity index (χ0) is 13.4. The van der Waals surface area contributed by atoms with E-state index in [2.05, 4.69) is 35.4 Å². The van der Waals surface area contributed by atoms with E-state index in [1.54, 1.807) is 0 Å². The Bertz CT molecular complexity index is 588. The molecular formula is C16H22N2O. The van der Waals surface area contributed by atoms with Crippen molar-refractivity contribution < 1.29 is 5.11 Å². The van der Waals surface area contributed by atoms with Crippen LogP contribution in [0.4, 0.5) is 0 Å². The molecule has 2 atom stereocenters. The Morgan fingerprint density at radius 3 is 3.11 bits per heavy atom. The Balaban J connectivity index is 1.90. The molecule has 0 aliphatic heterocycles. The minimum Gasteiger partial charge on any atom is -0.395 e. The van der Waals surface area contributed by atoms with Gasteiger partial charge in [0.15, 0.2) is 0 Å². The highest BCUT2D eigenvalue weighted by molar-refractivity contribution is 5.85. The summed E-state index contributed by atoms with van der Waals surface area (Å²) in [6.45, 7) is 4.39. The lowest BCUT2D eigenvalue weighted by Crippen LogP contribution is -2.41. The van der Waals surface area contributed by atoms with Gasteiger partial charge in [-0.05, 0) is 50.8 Å². The van der Waals surface area contributed by atoms with Gasteiger partial charge in [0.25, 0.3) is 0 Å². The van der Waals surface area contributed by atoms with E-state index in [1.165, 1.54) is 27.7 Å². The van der Waals surface area contributed by atoms with E-state index in [0.717, 1.165) is 19.3 Å². The van der Waals surface area contributed by atoms with Gasteiger partial charge in [0.05, 0.1) is 6.61 Å². The van der Waals surface area contributed by atoms with Gasteiger partial charge >= 0.3 is 0 Å². The van der Waals surface area contributed by atoms with Crippen molar-refractivity contribution in [2.75, 3.05) is 6.61 Å². The predicted molar refractivity (Wildman–Crippen MR) is 78.5 cm³/mol. The van der Waals surface area contributed by atoms with Gasteiger partial charge in [-0.1, -0.05) is 11.6 Å². The fourth-order valence-electron chi connectivity index (χ4n) is 3.13. The van der Waals surface area contributed by atoms with E-state index in [0.29, 0.717) is 6.04 Å². The van der Waals surface area contributed by atoms with Crippen LogP contribution in [0.25, 0.3) is 10.9 Å². The number of aromatic amines is 1. The van der Waals surface area contributed by atoms with Crippen molar-refractivity contribution in [3.63, 3.8) is 0 Å². The summed E-state index contributed by atoms with van der Waals surface area (Å²) in [6.07, 6.45) is 3.30. The summed E-state index contributed by atoms with van der Waals surface area (Å²) in [5, 5.41) is 14.0. The van der Waals surface area contributed by atoms with Gasteiger partial charge in [0.1, 0.15) is 0 Å². The van der Waals surface area contributed by atoms with Crippen molar-refractivity contribution >= 4 is 10.9 Å². The molecule has 0 saturated carbocycles. The third-order valence-corrected chi connectivity index (χ3v) is 4.14. The number of hydrogen-bond acceptors (Lipinski definition) is 2. The Hall–Kier alpha value is -1.32. The minimum absolute atomic E-state index is 0.179. The predicted octanol–water partition coefficient (Wildman–Crippen LogP) is 2.30. The number of aryl methyl sites for hydroxylation is 2. The highest BCUT2D eigenvalue weighted by Gasteiger charge is 2.23. The van der Waals surface area contributed by atoms with Gasteiger partial charge in [-0.25, -0.2) is 0 Å². The molecule has 1 heterocycles. The standard InChI is InChI=1S/C16H22N2O/c1-10-3-5-15-13(7-10)14-8-12(17-11(2)9-19)4-6-16(14)18-15/h3,5,7,11-12,17-19H,4,6,8-9H2,1-2H3/t11-,12?/m1/s1. The van der Waals surface area contributed by atoms with E-state index < -0.39 is 0 Å². The number of aliphatic hydroxyl groups excluding tert-OH is 1. The Morgan fingerprint density at radius 1 is 1.47 bits per heavy atom. The fourth-order valence-corrected chi connectivity index (χ4v) is 3.13. The van der Waals surface area contributed by atoms with E-state index in [4.69, 9.17) is 5.11 Å². The third kappa shape index (κ3) is 2.40. The van der Waals surface area contributed by atoms with Gasteiger partial charge < -0.3 is 15.4 Å². The highest BCUT2D eigenvalue weighted by atomic mass is 16.3. The van der Waals surface area contributed by atoms with Crippen molar-refractivity contribution in [1.82, 2.24) is 10.3 Å². The van der Waals surface area contributed by atoms with Gasteiger partial charge in [-0.3, -0.25) is 0 Å². The number of fused-ring (bicyclic) bond motifs is 3. The molecule has 19 heavy (non-hydrogen) atoms. The molecular weight excluding hydrogens is 236 g/mol. The number of rotatable bonds is 3. The van der Waals surface area contributed by atoms with E-state index in [1.807, 2.05) is 6.92 Å². The molecule has 1 aromatic heterocycles. The maximum absolute atomic E-state index is 9.16. The largest absolute Gasteiger partial charge is 0.395 e. The first kappa shape index (κ1) is 12.7. The van der Waals surface area contributed by atoms with Crippen LogP contribution in [0, 0.1) is 6.92 Å². The summed E-state index contributed by atoms with van der Waals surface area (Å²) in [5.74, 6) is 0. The summed E-state index contributed by atoms with van der Waals surface area (Å²) >= 11 is 0. The molecule has 3 N–H and O–H groups in total. The second-order valence-corrected chi connectivity index (χ2v) is 5.82. The molecule has 0 bridgehead atoms. The van der Waals surface area contributed by atoms with Crippen LogP contribution in [0.3, 0.4) is 0 Å². The first-order valence-corrected chi connectivity index (χ1v) is 7.14. The molecule has 1 aliphatic carbocycles. The molecule has 3 rings (SSSR count). The normalized spacial score (nSPS) is 20.5. The molecule has 0 spiro atoms. The van der Waals surface area contributed by atoms with Gasteiger partial charge in [0, 0.05) is 28.7 Å². The monoisotopic (exact) mass is 258 g/mol. The summed E-state index contributed by atoms with van der Waals surface area (Å²) in [5.41, 5.74) is 5.43. The minimum atomic E-state index is 0.179. The number of aromatic nitrogens is 1. The summed E-state index contributed by atoms with van der Waals surface area (Å²) in [6, 6.07) is 7.28. The topological polar surface area (TPSA) is 48.0 Å². The fraction of sp³-hybridized carbons (Fsp3) is 0.500. The van der Waals surface area contributed by atoms with Gasteiger partial charge in [-0.2, -0.15) is 0 Å². The SMILES string of the molecule is Cc1ccc2[nH]c3c(c2c1)CC(N[C@H](C)CO)CC3. The van der Waals surface area contributed by atoms with Crippen LogP contribution in [-0.4, -0.2) is 28.8 Å². The maximum atomic E-state index is 9.16. The van der Waals surface area contributed by atoms with Crippen LogP contribution in [0.5, 0.6) is 0 Å². The second-order valence-electron chi connectivity index (χ2n) is 5.82. The Labute approximate surface area is 114 Å². The molecule has 1 aliphatic rings. The van der Waals surface area contributed by atoms with Crippen molar-refractivity contribution in [2.24, 2.45) is 0 Å².